The molecule has 0 saturated carbocycles. The summed E-state index contributed by atoms with van der Waals surface area (Å²) in [6, 6.07) is 3.12. The van der Waals surface area contributed by atoms with Gasteiger partial charge in [0, 0.05) is 28.7 Å². The van der Waals surface area contributed by atoms with Gasteiger partial charge < -0.3 is 10.4 Å². The van der Waals surface area contributed by atoms with Gasteiger partial charge in [-0.25, -0.2) is 4.79 Å². The Hall–Kier alpha value is -2.21. The second-order valence-electron chi connectivity index (χ2n) is 3.19. The highest BCUT2D eigenvalue weighted by Gasteiger charge is 2.14. The summed E-state index contributed by atoms with van der Waals surface area (Å²) in [5, 5.41) is 14.5. The van der Waals surface area contributed by atoms with Crippen molar-refractivity contribution in [3.63, 3.8) is 0 Å². The number of pyridine rings is 1. The van der Waals surface area contributed by atoms with Crippen LogP contribution in [0.25, 0.3) is 0 Å². The fourth-order valence-electron chi connectivity index (χ4n) is 1.26. The van der Waals surface area contributed by atoms with Gasteiger partial charge >= 0.3 is 5.97 Å². The molecule has 0 aliphatic heterocycles. The van der Waals surface area contributed by atoms with E-state index in [9.17, 15) is 9.59 Å². The molecule has 0 saturated heterocycles. The molecular formula is C11H8N2O3S. The third-order valence-corrected chi connectivity index (χ3v) is 2.83. The van der Waals surface area contributed by atoms with E-state index in [4.69, 9.17) is 5.11 Å². The van der Waals surface area contributed by atoms with Crippen molar-refractivity contribution in [3.8, 4) is 0 Å². The number of carbonyl (C=O) groups is 2. The lowest BCUT2D eigenvalue weighted by Gasteiger charge is -2.03. The molecule has 0 aliphatic rings. The van der Waals surface area contributed by atoms with E-state index in [1.165, 1.54) is 29.1 Å². The number of carboxylic acid groups (broad SMARTS) is 1. The third kappa shape index (κ3) is 2.48. The number of amides is 1. The van der Waals surface area contributed by atoms with Crippen molar-refractivity contribution < 1.29 is 14.7 Å². The van der Waals surface area contributed by atoms with Crippen molar-refractivity contribution in [2.75, 3.05) is 5.32 Å². The van der Waals surface area contributed by atoms with Gasteiger partial charge in [-0.05, 0) is 12.1 Å². The van der Waals surface area contributed by atoms with Crippen LogP contribution in [-0.4, -0.2) is 22.0 Å². The van der Waals surface area contributed by atoms with E-state index < -0.39 is 5.97 Å². The van der Waals surface area contributed by atoms with Gasteiger partial charge in [-0.3, -0.25) is 9.78 Å². The zero-order chi connectivity index (χ0) is 12.3. The Morgan fingerprint density at radius 2 is 1.94 bits per heavy atom. The number of nitrogens with zero attached hydrogens (tertiary/aromatic N) is 1. The number of rotatable bonds is 3. The minimum atomic E-state index is -1.06. The molecule has 2 rings (SSSR count). The van der Waals surface area contributed by atoms with Crippen LogP contribution in [0.15, 0.2) is 35.3 Å². The predicted molar refractivity (Wildman–Crippen MR) is 63.5 cm³/mol. The first-order chi connectivity index (χ1) is 8.18. The smallest absolute Gasteiger partial charge is 0.338 e. The molecular weight excluding hydrogens is 240 g/mol. The van der Waals surface area contributed by atoms with Crippen LogP contribution in [0, 0.1) is 0 Å². The Morgan fingerprint density at radius 1 is 1.24 bits per heavy atom. The van der Waals surface area contributed by atoms with Gasteiger partial charge in [0.2, 0.25) is 0 Å². The number of hydrogen-bond donors (Lipinski definition) is 2. The lowest BCUT2D eigenvalue weighted by atomic mass is 10.2. The average molecular weight is 248 g/mol. The van der Waals surface area contributed by atoms with Crippen LogP contribution in [0.3, 0.4) is 0 Å². The maximum atomic E-state index is 11.8. The number of carbonyl (C=O) groups excluding carboxylic acids is 1. The van der Waals surface area contributed by atoms with Crippen LogP contribution in [-0.2, 0) is 0 Å². The molecule has 0 fully saturated rings. The molecule has 2 N–H and O–H groups in total. The highest BCUT2D eigenvalue weighted by atomic mass is 32.1. The predicted octanol–water partition coefficient (Wildman–Crippen LogP) is 2.09. The van der Waals surface area contributed by atoms with Gasteiger partial charge in [-0.15, -0.1) is 11.3 Å². The van der Waals surface area contributed by atoms with Crippen molar-refractivity contribution in [3.05, 3.63) is 46.4 Å². The molecule has 0 aromatic carbocycles. The molecule has 86 valence electrons. The van der Waals surface area contributed by atoms with Crippen LogP contribution >= 0.6 is 11.3 Å². The second kappa shape index (κ2) is 4.75. The minimum Gasteiger partial charge on any atom is -0.478 e. The zero-order valence-electron chi connectivity index (χ0n) is 8.58. The standard InChI is InChI=1S/C11H8N2O3S/c14-10(7-1-3-12-4-2-7)13-9-6-17-5-8(9)11(15)16/h1-6H,(H,13,14)(H,15,16). The van der Waals surface area contributed by atoms with E-state index in [1.807, 2.05) is 0 Å². The number of aromatic nitrogens is 1. The van der Waals surface area contributed by atoms with Crippen LogP contribution in [0.5, 0.6) is 0 Å². The summed E-state index contributed by atoms with van der Waals surface area (Å²) in [5.74, 6) is -1.41. The molecule has 0 spiro atoms. The molecule has 0 bridgehead atoms. The van der Waals surface area contributed by atoms with Crippen LogP contribution in [0.1, 0.15) is 20.7 Å². The highest BCUT2D eigenvalue weighted by Crippen LogP contribution is 2.21. The summed E-state index contributed by atoms with van der Waals surface area (Å²) in [7, 11) is 0. The molecule has 0 unspecified atom stereocenters. The van der Waals surface area contributed by atoms with E-state index in [0.29, 0.717) is 11.3 Å². The molecule has 2 aromatic rings. The monoisotopic (exact) mass is 248 g/mol. The van der Waals surface area contributed by atoms with Crippen molar-refractivity contribution >= 4 is 28.9 Å². The van der Waals surface area contributed by atoms with E-state index in [2.05, 4.69) is 10.3 Å². The van der Waals surface area contributed by atoms with Crippen molar-refractivity contribution in [1.82, 2.24) is 4.98 Å². The highest BCUT2D eigenvalue weighted by molar-refractivity contribution is 7.08. The van der Waals surface area contributed by atoms with Gasteiger partial charge in [-0.1, -0.05) is 0 Å². The lowest BCUT2D eigenvalue weighted by Crippen LogP contribution is -2.13. The second-order valence-corrected chi connectivity index (χ2v) is 3.94. The molecule has 0 aliphatic carbocycles. The Morgan fingerprint density at radius 3 is 2.59 bits per heavy atom. The van der Waals surface area contributed by atoms with E-state index in [1.54, 1.807) is 17.5 Å². The molecule has 2 heterocycles. The van der Waals surface area contributed by atoms with Gasteiger partial charge in [0.25, 0.3) is 5.91 Å². The summed E-state index contributed by atoms with van der Waals surface area (Å²) in [6.07, 6.45) is 3.00. The SMILES string of the molecule is O=C(Nc1cscc1C(=O)O)c1ccncc1. The molecule has 6 heteroatoms. The topological polar surface area (TPSA) is 79.3 Å². The molecule has 1 amide bonds. The fraction of sp³-hybridized carbons (Fsp3) is 0. The van der Waals surface area contributed by atoms with Gasteiger partial charge in [0.1, 0.15) is 0 Å². The number of anilines is 1. The molecule has 5 nitrogen and oxygen atoms in total. The maximum absolute atomic E-state index is 11.8. The number of nitrogens with one attached hydrogen (secondary N) is 1. The van der Waals surface area contributed by atoms with Crippen molar-refractivity contribution in [1.29, 1.82) is 0 Å². The summed E-state index contributed by atoms with van der Waals surface area (Å²) in [4.78, 5) is 26.4. The van der Waals surface area contributed by atoms with Gasteiger partial charge in [0.05, 0.1) is 11.3 Å². The Kier molecular flexibility index (Phi) is 3.15. The third-order valence-electron chi connectivity index (χ3n) is 2.08. The zero-order valence-corrected chi connectivity index (χ0v) is 9.40. The van der Waals surface area contributed by atoms with E-state index >= 15 is 0 Å². The fourth-order valence-corrected chi connectivity index (χ4v) is 2.01. The molecule has 17 heavy (non-hydrogen) atoms. The largest absolute Gasteiger partial charge is 0.478 e. The average Bonchev–Trinajstić information content (AvgIpc) is 2.78. The summed E-state index contributed by atoms with van der Waals surface area (Å²) in [5.41, 5.74) is 0.837. The maximum Gasteiger partial charge on any atom is 0.338 e. The summed E-state index contributed by atoms with van der Waals surface area (Å²) in [6.45, 7) is 0. The Balaban J connectivity index is 2.19. The molecule has 0 atom stereocenters. The van der Waals surface area contributed by atoms with E-state index in [0.717, 1.165) is 0 Å². The van der Waals surface area contributed by atoms with Crippen LogP contribution < -0.4 is 5.32 Å². The summed E-state index contributed by atoms with van der Waals surface area (Å²) < 4.78 is 0. The van der Waals surface area contributed by atoms with Crippen LogP contribution in [0.2, 0.25) is 0 Å². The van der Waals surface area contributed by atoms with Crippen molar-refractivity contribution in [2.45, 2.75) is 0 Å². The first kappa shape index (κ1) is 11.3. The number of hydrogen-bond acceptors (Lipinski definition) is 4. The van der Waals surface area contributed by atoms with Gasteiger partial charge in [-0.2, -0.15) is 0 Å². The first-order valence-electron chi connectivity index (χ1n) is 4.69. The van der Waals surface area contributed by atoms with Crippen LogP contribution in [0.4, 0.5) is 5.69 Å². The van der Waals surface area contributed by atoms with E-state index in [-0.39, 0.29) is 11.5 Å². The number of thiophene rings is 1. The molecule has 2 aromatic heterocycles. The molecule has 0 radical (unpaired) electrons. The quantitative estimate of drug-likeness (QED) is 0.871. The summed E-state index contributed by atoms with van der Waals surface area (Å²) >= 11 is 1.22. The Labute approximate surface area is 101 Å². The number of aromatic carboxylic acids is 1. The first-order valence-corrected chi connectivity index (χ1v) is 5.63. The normalized spacial score (nSPS) is 9.88. The van der Waals surface area contributed by atoms with Gasteiger partial charge in [0.15, 0.2) is 0 Å². The van der Waals surface area contributed by atoms with Crippen molar-refractivity contribution in [2.24, 2.45) is 0 Å². The Bertz CT molecular complexity index is 551. The number of carboxylic acids is 1. The lowest BCUT2D eigenvalue weighted by molar-refractivity contribution is 0.0698. The minimum absolute atomic E-state index is 0.0948.